The highest BCUT2D eigenvalue weighted by Gasteiger charge is 2.13. The first kappa shape index (κ1) is 15.2. The number of methoxy groups -OCH3 is 1. The smallest absolute Gasteiger partial charge is 0.279 e. The van der Waals surface area contributed by atoms with Gasteiger partial charge in [0.05, 0.1) is 12.9 Å². The first-order chi connectivity index (χ1) is 11.1. The van der Waals surface area contributed by atoms with Gasteiger partial charge in [0.2, 0.25) is 5.16 Å². The standard InChI is InChI=1S/C14H13N5O3S/c1-8(20)7-23-14-17-16-13-15-12(21)11(18-19(13)14)9-3-5-10(22-2)6-4-9/h3-6H,7H2,1-2H3,(H,15,16,21). The molecule has 0 amide bonds. The summed E-state index contributed by atoms with van der Waals surface area (Å²) < 4.78 is 6.52. The molecule has 0 saturated carbocycles. The average molecular weight is 331 g/mol. The van der Waals surface area contributed by atoms with Crippen molar-refractivity contribution in [3.8, 4) is 17.0 Å². The average Bonchev–Trinajstić information content (AvgIpc) is 2.94. The molecule has 2 heterocycles. The first-order valence-electron chi connectivity index (χ1n) is 6.71. The molecular formula is C14H13N5O3S. The van der Waals surface area contributed by atoms with Crippen LogP contribution in [0.25, 0.3) is 17.0 Å². The molecule has 3 aromatic rings. The Morgan fingerprint density at radius 1 is 1.30 bits per heavy atom. The van der Waals surface area contributed by atoms with Gasteiger partial charge in [-0.1, -0.05) is 11.8 Å². The lowest BCUT2D eigenvalue weighted by Gasteiger charge is -2.03. The summed E-state index contributed by atoms with van der Waals surface area (Å²) in [6.45, 7) is 1.49. The maximum Gasteiger partial charge on any atom is 0.279 e. The highest BCUT2D eigenvalue weighted by molar-refractivity contribution is 7.99. The van der Waals surface area contributed by atoms with Crippen molar-refractivity contribution in [2.45, 2.75) is 12.1 Å². The summed E-state index contributed by atoms with van der Waals surface area (Å²) in [7, 11) is 1.57. The highest BCUT2D eigenvalue weighted by Crippen LogP contribution is 2.19. The lowest BCUT2D eigenvalue weighted by Crippen LogP contribution is -2.15. The predicted octanol–water partition coefficient (Wildman–Crippen LogP) is 1.17. The fourth-order valence-corrected chi connectivity index (χ4v) is 2.61. The van der Waals surface area contributed by atoms with Crippen molar-refractivity contribution in [2.75, 3.05) is 12.9 Å². The van der Waals surface area contributed by atoms with Crippen LogP contribution in [-0.2, 0) is 4.79 Å². The van der Waals surface area contributed by atoms with Gasteiger partial charge in [-0.25, -0.2) is 0 Å². The summed E-state index contributed by atoms with van der Waals surface area (Å²) in [5, 5.41) is 12.6. The van der Waals surface area contributed by atoms with Gasteiger partial charge in [0.15, 0.2) is 5.69 Å². The zero-order chi connectivity index (χ0) is 16.4. The van der Waals surface area contributed by atoms with E-state index in [4.69, 9.17) is 4.74 Å². The minimum absolute atomic E-state index is 0.0200. The van der Waals surface area contributed by atoms with E-state index in [-0.39, 0.29) is 28.6 Å². The molecule has 23 heavy (non-hydrogen) atoms. The number of hydrogen-bond acceptors (Lipinski definition) is 7. The first-order valence-corrected chi connectivity index (χ1v) is 7.69. The molecule has 1 aromatic carbocycles. The van der Waals surface area contributed by atoms with Crippen molar-refractivity contribution in [3.63, 3.8) is 0 Å². The van der Waals surface area contributed by atoms with Crippen LogP contribution in [0.2, 0.25) is 0 Å². The van der Waals surface area contributed by atoms with Crippen LogP contribution in [0.5, 0.6) is 5.75 Å². The van der Waals surface area contributed by atoms with Gasteiger partial charge >= 0.3 is 0 Å². The maximum atomic E-state index is 12.2. The van der Waals surface area contributed by atoms with E-state index in [1.807, 2.05) is 0 Å². The van der Waals surface area contributed by atoms with Crippen LogP contribution in [0.4, 0.5) is 0 Å². The van der Waals surface area contributed by atoms with Crippen molar-refractivity contribution in [2.24, 2.45) is 0 Å². The van der Waals surface area contributed by atoms with Crippen LogP contribution in [0.3, 0.4) is 0 Å². The van der Waals surface area contributed by atoms with E-state index in [1.165, 1.54) is 23.2 Å². The monoisotopic (exact) mass is 331 g/mol. The van der Waals surface area contributed by atoms with E-state index in [2.05, 4.69) is 20.3 Å². The normalized spacial score (nSPS) is 10.9. The third-order valence-corrected chi connectivity index (χ3v) is 4.08. The number of H-pyrrole nitrogens is 1. The Morgan fingerprint density at radius 3 is 2.70 bits per heavy atom. The molecule has 0 unspecified atom stereocenters. The van der Waals surface area contributed by atoms with Crippen LogP contribution in [-0.4, -0.2) is 43.4 Å². The number of benzene rings is 1. The molecule has 0 bridgehead atoms. The van der Waals surface area contributed by atoms with Gasteiger partial charge in [-0.3, -0.25) is 14.6 Å². The molecule has 0 aliphatic heterocycles. The van der Waals surface area contributed by atoms with Crippen LogP contribution >= 0.6 is 11.8 Å². The van der Waals surface area contributed by atoms with E-state index < -0.39 is 0 Å². The Morgan fingerprint density at radius 2 is 2.04 bits per heavy atom. The lowest BCUT2D eigenvalue weighted by atomic mass is 10.1. The molecule has 8 nitrogen and oxygen atoms in total. The topological polar surface area (TPSA) is 102 Å². The third kappa shape index (κ3) is 3.09. The number of aromatic nitrogens is 5. The summed E-state index contributed by atoms with van der Waals surface area (Å²) in [4.78, 5) is 25.9. The second-order valence-corrected chi connectivity index (χ2v) is 5.68. The molecule has 0 atom stereocenters. The van der Waals surface area contributed by atoms with Crippen LogP contribution < -0.4 is 10.3 Å². The number of Topliss-reactive ketones (excluding diaryl/α,β-unsaturated/α-hetero) is 1. The summed E-state index contributed by atoms with van der Waals surface area (Å²) >= 11 is 1.22. The number of ether oxygens (including phenoxy) is 1. The summed E-state index contributed by atoms with van der Waals surface area (Å²) in [5.41, 5.74) is 0.521. The SMILES string of the molecule is COc1ccc(-c2nn3c(SCC(C)=O)nnc3[nH]c2=O)cc1. The molecule has 0 spiro atoms. The molecular weight excluding hydrogens is 318 g/mol. The predicted molar refractivity (Wildman–Crippen MR) is 84.8 cm³/mol. The molecule has 1 N–H and O–H groups in total. The second kappa shape index (κ2) is 6.21. The number of nitrogens with zero attached hydrogens (tertiary/aromatic N) is 4. The van der Waals surface area contributed by atoms with Gasteiger partial charge < -0.3 is 4.74 Å². The molecule has 2 aromatic heterocycles. The van der Waals surface area contributed by atoms with E-state index in [1.54, 1.807) is 31.4 Å². The van der Waals surface area contributed by atoms with Gasteiger partial charge in [-0.15, -0.1) is 10.2 Å². The highest BCUT2D eigenvalue weighted by atomic mass is 32.2. The zero-order valence-corrected chi connectivity index (χ0v) is 13.3. The Balaban J connectivity index is 2.05. The summed E-state index contributed by atoms with van der Waals surface area (Å²) in [6, 6.07) is 6.99. The van der Waals surface area contributed by atoms with Crippen LogP contribution in [0, 0.1) is 0 Å². The van der Waals surface area contributed by atoms with E-state index in [0.29, 0.717) is 16.5 Å². The number of fused-ring (bicyclic) bond motifs is 1. The Bertz CT molecular complexity index is 916. The number of nitrogens with one attached hydrogen (secondary N) is 1. The molecule has 0 aliphatic carbocycles. The van der Waals surface area contributed by atoms with Crippen molar-refractivity contribution in [3.05, 3.63) is 34.6 Å². The molecule has 0 aliphatic rings. The fourth-order valence-electron chi connectivity index (χ4n) is 1.93. The zero-order valence-electron chi connectivity index (χ0n) is 12.4. The minimum atomic E-state index is -0.363. The minimum Gasteiger partial charge on any atom is -0.497 e. The van der Waals surface area contributed by atoms with E-state index >= 15 is 0 Å². The van der Waals surface area contributed by atoms with Crippen molar-refractivity contribution in [1.29, 1.82) is 0 Å². The van der Waals surface area contributed by atoms with Gasteiger partial charge in [-0.05, 0) is 31.2 Å². The van der Waals surface area contributed by atoms with Gasteiger partial charge in [0.1, 0.15) is 11.5 Å². The van der Waals surface area contributed by atoms with Gasteiger partial charge in [0, 0.05) is 5.56 Å². The lowest BCUT2D eigenvalue weighted by molar-refractivity contribution is -0.114. The number of thioether (sulfide) groups is 1. The largest absolute Gasteiger partial charge is 0.497 e. The maximum absolute atomic E-state index is 12.2. The van der Waals surface area contributed by atoms with Gasteiger partial charge in [-0.2, -0.15) is 9.61 Å². The fraction of sp³-hybridized carbons (Fsp3) is 0.214. The third-order valence-electron chi connectivity index (χ3n) is 3.02. The second-order valence-electron chi connectivity index (χ2n) is 4.74. The molecule has 9 heteroatoms. The molecule has 0 radical (unpaired) electrons. The van der Waals surface area contributed by atoms with E-state index in [9.17, 15) is 9.59 Å². The molecule has 0 saturated heterocycles. The van der Waals surface area contributed by atoms with Crippen molar-refractivity contribution < 1.29 is 9.53 Å². The molecule has 118 valence electrons. The van der Waals surface area contributed by atoms with Crippen LogP contribution in [0.15, 0.2) is 34.2 Å². The number of hydrogen-bond donors (Lipinski definition) is 1. The number of carbonyl (C=O) groups excluding carboxylic acids is 1. The quantitative estimate of drug-likeness (QED) is 0.700. The number of rotatable bonds is 5. The van der Waals surface area contributed by atoms with Crippen LogP contribution in [0.1, 0.15) is 6.92 Å². The number of carbonyl (C=O) groups is 1. The molecule has 3 rings (SSSR count). The summed E-state index contributed by atoms with van der Waals surface area (Å²) in [6.07, 6.45) is 0. The Kier molecular flexibility index (Phi) is 4.11. The number of ketones is 1. The van der Waals surface area contributed by atoms with E-state index in [0.717, 1.165) is 0 Å². The Hall–Kier alpha value is -2.68. The summed E-state index contributed by atoms with van der Waals surface area (Å²) in [5.74, 6) is 1.21. The Labute approximate surface area is 134 Å². The van der Waals surface area contributed by atoms with Crippen molar-refractivity contribution >= 4 is 23.3 Å². The molecule has 0 fully saturated rings. The van der Waals surface area contributed by atoms with Gasteiger partial charge in [0.25, 0.3) is 11.3 Å². The van der Waals surface area contributed by atoms with Crippen molar-refractivity contribution in [1.82, 2.24) is 24.8 Å². The number of aromatic amines is 1.